The molecular weight excluding hydrogens is 220 g/mol. The van der Waals surface area contributed by atoms with Crippen LogP contribution in [0.15, 0.2) is 0 Å². The maximum absolute atomic E-state index is 11.7. The van der Waals surface area contributed by atoms with Crippen molar-refractivity contribution in [1.82, 2.24) is 15.6 Å². The van der Waals surface area contributed by atoms with Gasteiger partial charge in [-0.05, 0) is 19.3 Å². The van der Waals surface area contributed by atoms with Crippen molar-refractivity contribution in [3.8, 4) is 0 Å². The molecule has 0 aromatic carbocycles. The van der Waals surface area contributed by atoms with Crippen molar-refractivity contribution in [1.29, 1.82) is 0 Å². The summed E-state index contributed by atoms with van der Waals surface area (Å²) in [6.45, 7) is 4.21. The molecule has 0 aliphatic carbocycles. The largest absolute Gasteiger partial charge is 0.356 e. The number of amides is 2. The number of likely N-dealkylation sites (tertiary alicyclic amines) is 1. The van der Waals surface area contributed by atoms with E-state index in [0.717, 1.165) is 25.8 Å². The molecule has 17 heavy (non-hydrogen) atoms. The lowest BCUT2D eigenvalue weighted by Crippen LogP contribution is -2.46. The Bertz CT molecular complexity index is 262. The average Bonchev–Trinajstić information content (AvgIpc) is 2.36. The standard InChI is InChI=1S/C11H22N4O2/c1-2-5-13-11(17)9-3-6-15(7-4-9)10(16)8-14-12/h9,14H,2-8,12H2,1H3,(H,13,17). The third-order valence-corrected chi connectivity index (χ3v) is 3.02. The van der Waals surface area contributed by atoms with Crippen LogP contribution < -0.4 is 16.6 Å². The summed E-state index contributed by atoms with van der Waals surface area (Å²) < 4.78 is 0. The van der Waals surface area contributed by atoms with Crippen molar-refractivity contribution >= 4 is 11.8 Å². The molecule has 0 saturated carbocycles. The van der Waals surface area contributed by atoms with Crippen LogP contribution in [-0.2, 0) is 9.59 Å². The molecule has 1 saturated heterocycles. The minimum absolute atomic E-state index is 0.0000774. The highest BCUT2D eigenvalue weighted by Gasteiger charge is 2.26. The second-order valence-electron chi connectivity index (χ2n) is 4.33. The molecule has 98 valence electrons. The van der Waals surface area contributed by atoms with Crippen molar-refractivity contribution in [2.24, 2.45) is 11.8 Å². The van der Waals surface area contributed by atoms with Crippen LogP contribution >= 0.6 is 0 Å². The van der Waals surface area contributed by atoms with Gasteiger partial charge in [0.15, 0.2) is 0 Å². The summed E-state index contributed by atoms with van der Waals surface area (Å²) in [6, 6.07) is 0. The van der Waals surface area contributed by atoms with Crippen molar-refractivity contribution in [2.75, 3.05) is 26.2 Å². The topological polar surface area (TPSA) is 87.5 Å². The van der Waals surface area contributed by atoms with E-state index >= 15 is 0 Å². The van der Waals surface area contributed by atoms with Gasteiger partial charge in [0.25, 0.3) is 0 Å². The molecule has 6 heteroatoms. The number of hydrogen-bond donors (Lipinski definition) is 3. The van der Waals surface area contributed by atoms with Crippen LogP contribution in [0.5, 0.6) is 0 Å². The quantitative estimate of drug-likeness (QED) is 0.436. The van der Waals surface area contributed by atoms with Crippen LogP contribution in [0, 0.1) is 5.92 Å². The van der Waals surface area contributed by atoms with Crippen molar-refractivity contribution < 1.29 is 9.59 Å². The number of hydrogen-bond acceptors (Lipinski definition) is 4. The van der Waals surface area contributed by atoms with Gasteiger partial charge in [0, 0.05) is 25.6 Å². The van der Waals surface area contributed by atoms with E-state index in [1.54, 1.807) is 4.90 Å². The van der Waals surface area contributed by atoms with E-state index in [1.807, 2.05) is 6.92 Å². The highest BCUT2D eigenvalue weighted by molar-refractivity contribution is 5.80. The minimum atomic E-state index is -0.0000774. The number of nitrogens with two attached hydrogens (primary N) is 1. The zero-order valence-electron chi connectivity index (χ0n) is 10.4. The molecular formula is C11H22N4O2. The lowest BCUT2D eigenvalue weighted by molar-refractivity contribution is -0.134. The fraction of sp³-hybridized carbons (Fsp3) is 0.818. The lowest BCUT2D eigenvalue weighted by atomic mass is 9.96. The van der Waals surface area contributed by atoms with Crippen LogP contribution in [0.4, 0.5) is 0 Å². The molecule has 1 heterocycles. The molecule has 1 fully saturated rings. The van der Waals surface area contributed by atoms with Gasteiger partial charge in [-0.15, -0.1) is 0 Å². The van der Waals surface area contributed by atoms with Crippen molar-refractivity contribution in [2.45, 2.75) is 26.2 Å². The molecule has 0 spiro atoms. The Morgan fingerprint density at radius 2 is 2.00 bits per heavy atom. The van der Waals surface area contributed by atoms with E-state index in [9.17, 15) is 9.59 Å². The number of carbonyl (C=O) groups is 2. The predicted molar refractivity (Wildman–Crippen MR) is 64.8 cm³/mol. The Kier molecular flexibility index (Phi) is 5.93. The molecule has 2 amide bonds. The number of nitrogens with one attached hydrogen (secondary N) is 2. The summed E-state index contributed by atoms with van der Waals surface area (Å²) in [4.78, 5) is 25.0. The third-order valence-electron chi connectivity index (χ3n) is 3.02. The maximum atomic E-state index is 11.7. The number of rotatable bonds is 5. The SMILES string of the molecule is CCCNC(=O)C1CCN(C(=O)CNN)CC1. The van der Waals surface area contributed by atoms with Crippen LogP contribution in [0.3, 0.4) is 0 Å². The second-order valence-corrected chi connectivity index (χ2v) is 4.33. The Balaban J connectivity index is 2.30. The van der Waals surface area contributed by atoms with Gasteiger partial charge in [-0.1, -0.05) is 6.92 Å². The van der Waals surface area contributed by atoms with Crippen LogP contribution in [0.2, 0.25) is 0 Å². The summed E-state index contributed by atoms with van der Waals surface area (Å²) in [7, 11) is 0. The molecule has 1 rings (SSSR count). The van der Waals surface area contributed by atoms with E-state index in [1.165, 1.54) is 0 Å². The van der Waals surface area contributed by atoms with E-state index in [-0.39, 0.29) is 24.3 Å². The monoisotopic (exact) mass is 242 g/mol. The molecule has 0 radical (unpaired) electrons. The highest BCUT2D eigenvalue weighted by atomic mass is 16.2. The summed E-state index contributed by atoms with van der Waals surface area (Å²) in [5.41, 5.74) is 2.36. The fourth-order valence-corrected chi connectivity index (χ4v) is 1.98. The smallest absolute Gasteiger partial charge is 0.237 e. The first-order chi connectivity index (χ1) is 8.19. The van der Waals surface area contributed by atoms with Crippen molar-refractivity contribution in [3.05, 3.63) is 0 Å². The van der Waals surface area contributed by atoms with E-state index < -0.39 is 0 Å². The number of nitrogens with zero attached hydrogens (tertiary/aromatic N) is 1. The average molecular weight is 242 g/mol. The van der Waals surface area contributed by atoms with Gasteiger partial charge in [-0.25, -0.2) is 0 Å². The van der Waals surface area contributed by atoms with Crippen molar-refractivity contribution in [3.63, 3.8) is 0 Å². The molecule has 0 aromatic heterocycles. The molecule has 4 N–H and O–H groups in total. The highest BCUT2D eigenvalue weighted by Crippen LogP contribution is 2.17. The van der Waals surface area contributed by atoms with Gasteiger partial charge in [0.2, 0.25) is 11.8 Å². The number of piperidine rings is 1. The molecule has 0 atom stereocenters. The van der Waals surface area contributed by atoms with E-state index in [0.29, 0.717) is 13.1 Å². The maximum Gasteiger partial charge on any atom is 0.237 e. The first-order valence-corrected chi connectivity index (χ1v) is 6.18. The third kappa shape index (κ3) is 4.32. The Morgan fingerprint density at radius 3 is 2.53 bits per heavy atom. The molecule has 0 bridgehead atoms. The summed E-state index contributed by atoms with van der Waals surface area (Å²) in [6.07, 6.45) is 2.43. The summed E-state index contributed by atoms with van der Waals surface area (Å²) in [5.74, 6) is 5.28. The van der Waals surface area contributed by atoms with E-state index in [4.69, 9.17) is 5.84 Å². The Morgan fingerprint density at radius 1 is 1.35 bits per heavy atom. The number of carbonyl (C=O) groups excluding carboxylic acids is 2. The normalized spacial score (nSPS) is 16.9. The summed E-state index contributed by atoms with van der Waals surface area (Å²) >= 11 is 0. The van der Waals surface area contributed by atoms with Gasteiger partial charge in [0.1, 0.15) is 0 Å². The van der Waals surface area contributed by atoms with Gasteiger partial charge in [0.05, 0.1) is 6.54 Å². The first kappa shape index (κ1) is 13.9. The van der Waals surface area contributed by atoms with Gasteiger partial charge < -0.3 is 10.2 Å². The lowest BCUT2D eigenvalue weighted by Gasteiger charge is -2.31. The Labute approximate surface area is 102 Å². The Hall–Kier alpha value is -1.14. The molecule has 0 aromatic rings. The fourth-order valence-electron chi connectivity index (χ4n) is 1.98. The molecule has 6 nitrogen and oxygen atoms in total. The van der Waals surface area contributed by atoms with Crippen LogP contribution in [0.1, 0.15) is 26.2 Å². The predicted octanol–water partition coefficient (Wildman–Crippen LogP) is -0.785. The summed E-state index contributed by atoms with van der Waals surface area (Å²) in [5, 5.41) is 2.90. The van der Waals surface area contributed by atoms with Crippen LogP contribution in [0.25, 0.3) is 0 Å². The first-order valence-electron chi connectivity index (χ1n) is 6.18. The molecule has 1 aliphatic rings. The second kappa shape index (κ2) is 7.24. The van der Waals surface area contributed by atoms with Gasteiger partial charge >= 0.3 is 0 Å². The molecule has 0 unspecified atom stereocenters. The zero-order valence-corrected chi connectivity index (χ0v) is 10.4. The zero-order chi connectivity index (χ0) is 12.7. The van der Waals surface area contributed by atoms with Gasteiger partial charge in [-0.2, -0.15) is 0 Å². The minimum Gasteiger partial charge on any atom is -0.356 e. The molecule has 1 aliphatic heterocycles. The van der Waals surface area contributed by atoms with Gasteiger partial charge in [-0.3, -0.25) is 20.9 Å². The number of hydrazine groups is 1. The van der Waals surface area contributed by atoms with Crippen LogP contribution in [-0.4, -0.2) is 42.9 Å². The van der Waals surface area contributed by atoms with E-state index in [2.05, 4.69) is 10.7 Å².